The number of thioether (sulfide) groups is 3. The quantitative estimate of drug-likeness (QED) is 0.488. The van der Waals surface area contributed by atoms with Crippen LogP contribution in [0, 0.1) is 0 Å². The topological polar surface area (TPSA) is 0 Å². The van der Waals surface area contributed by atoms with Crippen LogP contribution < -0.4 is 0 Å². The lowest BCUT2D eigenvalue weighted by molar-refractivity contribution is 1.45. The molecule has 0 amide bonds. The molecule has 0 atom stereocenters. The SMILES string of the molecule is CCSCCSCCSCCS. The highest BCUT2D eigenvalue weighted by Crippen LogP contribution is 2.09. The summed E-state index contributed by atoms with van der Waals surface area (Å²) in [6, 6.07) is 0. The second-order valence-electron chi connectivity index (χ2n) is 2.15. The van der Waals surface area contributed by atoms with Crippen molar-refractivity contribution in [2.75, 3.05) is 40.3 Å². The number of hydrogen-bond acceptors (Lipinski definition) is 4. The van der Waals surface area contributed by atoms with Crippen molar-refractivity contribution >= 4 is 47.9 Å². The lowest BCUT2D eigenvalue weighted by Crippen LogP contribution is -1.91. The van der Waals surface area contributed by atoms with Gasteiger partial charge >= 0.3 is 0 Å². The molecule has 0 heterocycles. The van der Waals surface area contributed by atoms with Crippen LogP contribution in [-0.2, 0) is 0 Å². The van der Waals surface area contributed by atoms with E-state index >= 15 is 0 Å². The Morgan fingerprint density at radius 3 is 1.83 bits per heavy atom. The Kier molecular flexibility index (Phi) is 13.8. The molecule has 0 spiro atoms. The van der Waals surface area contributed by atoms with E-state index < -0.39 is 0 Å². The van der Waals surface area contributed by atoms with Gasteiger partial charge in [-0.15, -0.1) is 0 Å². The van der Waals surface area contributed by atoms with Crippen molar-refractivity contribution in [2.24, 2.45) is 0 Å². The molecule has 0 saturated carbocycles. The highest BCUT2D eigenvalue weighted by Gasteiger charge is 1.90. The van der Waals surface area contributed by atoms with E-state index in [1.54, 1.807) is 0 Å². The molecule has 0 aliphatic rings. The fourth-order valence-electron chi connectivity index (χ4n) is 0.649. The van der Waals surface area contributed by atoms with Gasteiger partial charge in [-0.3, -0.25) is 0 Å². The van der Waals surface area contributed by atoms with Crippen molar-refractivity contribution in [3.8, 4) is 0 Å². The first-order valence-corrected chi connectivity index (χ1v) is 8.35. The van der Waals surface area contributed by atoms with Gasteiger partial charge in [0, 0.05) is 28.8 Å². The van der Waals surface area contributed by atoms with Gasteiger partial charge in [-0.25, -0.2) is 0 Å². The molecular weight excluding hydrogens is 224 g/mol. The van der Waals surface area contributed by atoms with Crippen molar-refractivity contribution in [1.29, 1.82) is 0 Å². The average molecular weight is 242 g/mol. The Hall–Kier alpha value is 1.40. The molecule has 0 aromatic heterocycles. The Bertz CT molecular complexity index is 67.5. The summed E-state index contributed by atoms with van der Waals surface area (Å²) in [5, 5.41) is 0. The third-order valence-electron chi connectivity index (χ3n) is 1.18. The average Bonchev–Trinajstić information content (AvgIpc) is 2.10. The summed E-state index contributed by atoms with van der Waals surface area (Å²) in [6.45, 7) is 2.22. The molecule has 74 valence electrons. The summed E-state index contributed by atoms with van der Waals surface area (Å²) >= 11 is 10.3. The van der Waals surface area contributed by atoms with Crippen LogP contribution >= 0.6 is 47.9 Å². The first kappa shape index (κ1) is 13.4. The minimum Gasteiger partial charge on any atom is -0.179 e. The van der Waals surface area contributed by atoms with Gasteiger partial charge in [0.25, 0.3) is 0 Å². The van der Waals surface area contributed by atoms with Crippen LogP contribution in [0.25, 0.3) is 0 Å². The summed E-state index contributed by atoms with van der Waals surface area (Å²) in [7, 11) is 0. The first-order valence-electron chi connectivity index (χ1n) is 4.26. The standard InChI is InChI=1S/C8H18S4/c1-2-10-5-6-12-8-7-11-4-3-9/h9H,2-8H2,1H3. The third kappa shape index (κ3) is 11.4. The van der Waals surface area contributed by atoms with Gasteiger partial charge in [-0.05, 0) is 11.5 Å². The maximum absolute atomic E-state index is 4.16. The van der Waals surface area contributed by atoms with Crippen molar-refractivity contribution in [3.05, 3.63) is 0 Å². The monoisotopic (exact) mass is 242 g/mol. The zero-order chi connectivity index (χ0) is 9.07. The predicted octanol–water partition coefficient (Wildman–Crippen LogP) is 3.14. The molecule has 0 unspecified atom stereocenters. The van der Waals surface area contributed by atoms with E-state index in [2.05, 4.69) is 31.3 Å². The highest BCUT2D eigenvalue weighted by atomic mass is 32.2. The molecule has 0 aromatic rings. The van der Waals surface area contributed by atoms with E-state index in [1.807, 2.05) is 23.5 Å². The molecule has 0 fully saturated rings. The van der Waals surface area contributed by atoms with E-state index in [9.17, 15) is 0 Å². The van der Waals surface area contributed by atoms with Crippen molar-refractivity contribution in [3.63, 3.8) is 0 Å². The van der Waals surface area contributed by atoms with E-state index in [-0.39, 0.29) is 0 Å². The highest BCUT2D eigenvalue weighted by molar-refractivity contribution is 8.04. The summed E-state index contributed by atoms with van der Waals surface area (Å²) in [4.78, 5) is 0. The zero-order valence-electron chi connectivity index (χ0n) is 7.62. The van der Waals surface area contributed by atoms with Crippen molar-refractivity contribution in [2.45, 2.75) is 6.92 Å². The largest absolute Gasteiger partial charge is 0.179 e. The normalized spacial score (nSPS) is 10.5. The summed E-state index contributed by atoms with van der Waals surface area (Å²) in [6.07, 6.45) is 0. The smallest absolute Gasteiger partial charge is 0.00238 e. The second-order valence-corrected chi connectivity index (χ2v) is 6.44. The molecular formula is C8H18S4. The fourth-order valence-corrected chi connectivity index (χ4v) is 3.75. The Balaban J connectivity index is 2.73. The molecule has 0 radical (unpaired) electrons. The van der Waals surface area contributed by atoms with Crippen LogP contribution in [-0.4, -0.2) is 40.3 Å². The second kappa shape index (κ2) is 12.4. The Labute approximate surface area is 94.8 Å². The van der Waals surface area contributed by atoms with Gasteiger partial charge in [0.15, 0.2) is 0 Å². The van der Waals surface area contributed by atoms with Crippen molar-refractivity contribution in [1.82, 2.24) is 0 Å². The Morgan fingerprint density at radius 2 is 1.33 bits per heavy atom. The Morgan fingerprint density at radius 1 is 0.833 bits per heavy atom. The lowest BCUT2D eigenvalue weighted by Gasteiger charge is -2.00. The van der Waals surface area contributed by atoms with Gasteiger partial charge in [-0.2, -0.15) is 47.9 Å². The minimum atomic E-state index is 1.01. The van der Waals surface area contributed by atoms with Crippen molar-refractivity contribution < 1.29 is 0 Å². The van der Waals surface area contributed by atoms with Crippen LogP contribution in [0.1, 0.15) is 6.92 Å². The zero-order valence-corrected chi connectivity index (χ0v) is 11.0. The molecule has 0 N–H and O–H groups in total. The van der Waals surface area contributed by atoms with Crippen LogP contribution in [0.3, 0.4) is 0 Å². The van der Waals surface area contributed by atoms with Crippen LogP contribution in [0.5, 0.6) is 0 Å². The summed E-state index contributed by atoms with van der Waals surface area (Å²) < 4.78 is 0. The van der Waals surface area contributed by atoms with Gasteiger partial charge in [0.1, 0.15) is 0 Å². The predicted molar refractivity (Wildman–Crippen MR) is 71.5 cm³/mol. The van der Waals surface area contributed by atoms with Crippen LogP contribution in [0.15, 0.2) is 0 Å². The van der Waals surface area contributed by atoms with E-state index in [0.29, 0.717) is 0 Å². The number of rotatable bonds is 9. The summed E-state index contributed by atoms with van der Waals surface area (Å²) in [5.41, 5.74) is 0. The van der Waals surface area contributed by atoms with Gasteiger partial charge < -0.3 is 0 Å². The molecule has 0 nitrogen and oxygen atoms in total. The first-order chi connectivity index (χ1) is 5.91. The van der Waals surface area contributed by atoms with Crippen LogP contribution in [0.4, 0.5) is 0 Å². The van der Waals surface area contributed by atoms with E-state index in [4.69, 9.17) is 0 Å². The maximum Gasteiger partial charge on any atom is 0.00238 e. The number of hydrogen-bond donors (Lipinski definition) is 1. The molecule has 4 heteroatoms. The molecule has 12 heavy (non-hydrogen) atoms. The van der Waals surface area contributed by atoms with E-state index in [1.165, 1.54) is 34.5 Å². The summed E-state index contributed by atoms with van der Waals surface area (Å²) in [5.74, 6) is 8.71. The number of thiol groups is 1. The fraction of sp³-hybridized carbons (Fsp3) is 1.00. The third-order valence-corrected chi connectivity index (χ3v) is 5.10. The molecule has 0 bridgehead atoms. The van der Waals surface area contributed by atoms with Gasteiger partial charge in [0.2, 0.25) is 0 Å². The molecule has 0 saturated heterocycles. The van der Waals surface area contributed by atoms with Crippen LogP contribution in [0.2, 0.25) is 0 Å². The lowest BCUT2D eigenvalue weighted by atomic mass is 10.9. The maximum atomic E-state index is 4.16. The molecule has 0 aliphatic heterocycles. The molecule has 0 rings (SSSR count). The van der Waals surface area contributed by atoms with Gasteiger partial charge in [0.05, 0.1) is 0 Å². The molecule has 0 aromatic carbocycles. The minimum absolute atomic E-state index is 1.01. The van der Waals surface area contributed by atoms with Gasteiger partial charge in [-0.1, -0.05) is 6.92 Å². The van der Waals surface area contributed by atoms with E-state index in [0.717, 1.165) is 5.75 Å². The molecule has 0 aliphatic carbocycles.